The van der Waals surface area contributed by atoms with Crippen molar-refractivity contribution in [3.05, 3.63) is 59.7 Å². The molecule has 0 aliphatic rings. The molecule has 0 radical (unpaired) electrons. The molecule has 0 saturated heterocycles. The first-order valence-corrected chi connectivity index (χ1v) is 7.71. The van der Waals surface area contributed by atoms with Crippen molar-refractivity contribution < 1.29 is 18.5 Å². The lowest BCUT2D eigenvalue weighted by molar-refractivity contribution is -0.136. The van der Waals surface area contributed by atoms with Crippen LogP contribution in [0.5, 0.6) is 0 Å². The zero-order valence-electron chi connectivity index (χ0n) is 13.8. The number of nitrogens with zero attached hydrogens (tertiary/aromatic N) is 1. The highest BCUT2D eigenvalue weighted by molar-refractivity contribution is 6.39. The van der Waals surface area contributed by atoms with E-state index in [-0.39, 0.29) is 6.54 Å². The highest BCUT2D eigenvalue weighted by Gasteiger charge is 2.17. The summed E-state index contributed by atoms with van der Waals surface area (Å²) < 4.78 is 10.8. The minimum Gasteiger partial charge on any atom is -0.459 e. The Morgan fingerprint density at radius 3 is 2.48 bits per heavy atom. The summed E-state index contributed by atoms with van der Waals surface area (Å²) >= 11 is 0. The lowest BCUT2D eigenvalue weighted by Gasteiger charge is -2.05. The molecule has 3 rings (SSSR count). The number of anilines is 1. The summed E-state index contributed by atoms with van der Waals surface area (Å²) in [7, 11) is 0. The van der Waals surface area contributed by atoms with E-state index in [9.17, 15) is 9.59 Å². The Labute approximate surface area is 144 Å². The molecule has 0 atom stereocenters. The van der Waals surface area contributed by atoms with Crippen LogP contribution in [-0.2, 0) is 16.1 Å². The van der Waals surface area contributed by atoms with Crippen molar-refractivity contribution in [2.75, 3.05) is 5.32 Å². The van der Waals surface area contributed by atoms with Gasteiger partial charge in [0.25, 0.3) is 0 Å². The van der Waals surface area contributed by atoms with Gasteiger partial charge in [-0.1, -0.05) is 23.4 Å². The molecule has 0 saturated carbocycles. The van der Waals surface area contributed by atoms with Gasteiger partial charge in [-0.3, -0.25) is 9.59 Å². The van der Waals surface area contributed by atoms with Gasteiger partial charge in [0.1, 0.15) is 17.3 Å². The molecule has 0 aliphatic carbocycles. The van der Waals surface area contributed by atoms with Gasteiger partial charge in [-0.2, -0.15) is 0 Å². The number of hydrogen-bond acceptors (Lipinski definition) is 5. The van der Waals surface area contributed by atoms with E-state index in [4.69, 9.17) is 8.94 Å². The van der Waals surface area contributed by atoms with Crippen molar-refractivity contribution in [1.82, 2.24) is 10.5 Å². The average Bonchev–Trinajstić information content (AvgIpc) is 3.19. The van der Waals surface area contributed by atoms with Crippen molar-refractivity contribution in [2.45, 2.75) is 20.4 Å². The maximum absolute atomic E-state index is 11.9. The van der Waals surface area contributed by atoms with Crippen LogP contribution in [0.4, 0.5) is 5.69 Å². The van der Waals surface area contributed by atoms with Crippen molar-refractivity contribution in [1.29, 1.82) is 0 Å². The first-order chi connectivity index (χ1) is 12.0. The number of furan rings is 1. The van der Waals surface area contributed by atoms with E-state index in [1.807, 2.05) is 13.0 Å². The molecule has 7 nitrogen and oxygen atoms in total. The SMILES string of the molecule is Cc1noc(C)c1-c1ccc(CNC(=O)C(=O)Nc2ccccc2)o1. The van der Waals surface area contributed by atoms with E-state index in [1.54, 1.807) is 43.3 Å². The van der Waals surface area contributed by atoms with Crippen LogP contribution in [0.1, 0.15) is 17.2 Å². The number of para-hydroxylation sites is 1. The molecule has 128 valence electrons. The highest BCUT2D eigenvalue weighted by Crippen LogP contribution is 2.28. The van der Waals surface area contributed by atoms with Gasteiger partial charge in [0.2, 0.25) is 0 Å². The summed E-state index contributed by atoms with van der Waals surface area (Å²) in [6.45, 7) is 3.72. The van der Waals surface area contributed by atoms with Gasteiger partial charge in [-0.15, -0.1) is 0 Å². The van der Waals surface area contributed by atoms with Crippen LogP contribution >= 0.6 is 0 Å². The third-order valence-electron chi connectivity index (χ3n) is 3.60. The van der Waals surface area contributed by atoms with Crippen LogP contribution < -0.4 is 10.6 Å². The van der Waals surface area contributed by atoms with Gasteiger partial charge in [0, 0.05) is 5.69 Å². The molecule has 0 fully saturated rings. The van der Waals surface area contributed by atoms with Gasteiger partial charge < -0.3 is 19.6 Å². The number of nitrogens with one attached hydrogen (secondary N) is 2. The van der Waals surface area contributed by atoms with E-state index >= 15 is 0 Å². The number of amides is 2. The Balaban J connectivity index is 1.59. The smallest absolute Gasteiger partial charge is 0.313 e. The fraction of sp³-hybridized carbons (Fsp3) is 0.167. The number of carbonyl (C=O) groups is 2. The zero-order valence-corrected chi connectivity index (χ0v) is 13.8. The number of carbonyl (C=O) groups excluding carboxylic acids is 2. The Bertz CT molecular complexity index is 877. The highest BCUT2D eigenvalue weighted by atomic mass is 16.5. The minimum absolute atomic E-state index is 0.102. The molecule has 2 amide bonds. The third kappa shape index (κ3) is 3.77. The second-order valence-corrected chi connectivity index (χ2v) is 5.47. The topological polar surface area (TPSA) is 97.4 Å². The largest absolute Gasteiger partial charge is 0.459 e. The monoisotopic (exact) mass is 339 g/mol. The summed E-state index contributed by atoms with van der Waals surface area (Å²) in [5, 5.41) is 8.92. The molecule has 0 aliphatic heterocycles. The Kier molecular flexibility index (Phi) is 4.65. The number of hydrogen-bond donors (Lipinski definition) is 2. The first-order valence-electron chi connectivity index (χ1n) is 7.71. The van der Waals surface area contributed by atoms with Crippen molar-refractivity contribution in [3.63, 3.8) is 0 Å². The third-order valence-corrected chi connectivity index (χ3v) is 3.60. The van der Waals surface area contributed by atoms with E-state index < -0.39 is 11.8 Å². The van der Waals surface area contributed by atoms with Gasteiger partial charge >= 0.3 is 11.8 Å². The van der Waals surface area contributed by atoms with Gasteiger partial charge in [-0.05, 0) is 38.1 Å². The summed E-state index contributed by atoms with van der Waals surface area (Å²) in [6, 6.07) is 12.3. The van der Waals surface area contributed by atoms with E-state index in [0.717, 1.165) is 11.3 Å². The Morgan fingerprint density at radius 1 is 1.04 bits per heavy atom. The van der Waals surface area contributed by atoms with Crippen molar-refractivity contribution >= 4 is 17.5 Å². The predicted molar refractivity (Wildman–Crippen MR) is 90.6 cm³/mol. The summed E-state index contributed by atoms with van der Waals surface area (Å²) in [4.78, 5) is 23.7. The molecule has 7 heteroatoms. The van der Waals surface area contributed by atoms with Crippen molar-refractivity contribution in [3.8, 4) is 11.3 Å². The van der Waals surface area contributed by atoms with E-state index in [1.165, 1.54) is 0 Å². The van der Waals surface area contributed by atoms with Crippen LogP contribution in [0.15, 0.2) is 51.4 Å². The summed E-state index contributed by atoms with van der Waals surface area (Å²) in [5.41, 5.74) is 2.07. The van der Waals surface area contributed by atoms with Crippen LogP contribution in [-0.4, -0.2) is 17.0 Å². The average molecular weight is 339 g/mol. The van der Waals surface area contributed by atoms with Crippen LogP contribution in [0.2, 0.25) is 0 Å². The van der Waals surface area contributed by atoms with Gasteiger partial charge in [-0.25, -0.2) is 0 Å². The normalized spacial score (nSPS) is 10.5. The lowest BCUT2D eigenvalue weighted by atomic mass is 10.1. The fourth-order valence-electron chi connectivity index (χ4n) is 2.40. The first kappa shape index (κ1) is 16.5. The fourth-order valence-corrected chi connectivity index (χ4v) is 2.40. The maximum Gasteiger partial charge on any atom is 0.313 e. The second-order valence-electron chi connectivity index (χ2n) is 5.47. The predicted octanol–water partition coefficient (Wildman–Crippen LogP) is 2.81. The molecule has 0 unspecified atom stereocenters. The molecule has 2 N–H and O–H groups in total. The molecule has 0 spiro atoms. The quantitative estimate of drug-likeness (QED) is 0.712. The van der Waals surface area contributed by atoms with Crippen LogP contribution in [0.3, 0.4) is 0 Å². The maximum atomic E-state index is 11.9. The molecule has 3 aromatic rings. The molecule has 25 heavy (non-hydrogen) atoms. The number of aromatic nitrogens is 1. The van der Waals surface area contributed by atoms with Crippen LogP contribution in [0.25, 0.3) is 11.3 Å². The number of aryl methyl sites for hydroxylation is 2. The van der Waals surface area contributed by atoms with Crippen molar-refractivity contribution in [2.24, 2.45) is 0 Å². The molecule has 0 bridgehead atoms. The zero-order chi connectivity index (χ0) is 17.8. The standard InChI is InChI=1S/C18H17N3O4/c1-11-16(12(2)25-21-11)15-9-8-14(24-15)10-19-17(22)18(23)20-13-6-4-3-5-7-13/h3-9H,10H2,1-2H3,(H,19,22)(H,20,23). The molecular formula is C18H17N3O4. The minimum atomic E-state index is -0.737. The Hall–Kier alpha value is -3.35. The summed E-state index contributed by atoms with van der Waals surface area (Å²) in [6.07, 6.45) is 0. The molecule has 1 aromatic carbocycles. The molecular weight excluding hydrogens is 322 g/mol. The van der Waals surface area contributed by atoms with E-state index in [2.05, 4.69) is 15.8 Å². The van der Waals surface area contributed by atoms with Crippen LogP contribution in [0, 0.1) is 13.8 Å². The second kappa shape index (κ2) is 7.04. The Morgan fingerprint density at radius 2 is 1.80 bits per heavy atom. The molecule has 2 aromatic heterocycles. The van der Waals surface area contributed by atoms with Gasteiger partial charge in [0.05, 0.1) is 17.8 Å². The van der Waals surface area contributed by atoms with Gasteiger partial charge in [0.15, 0.2) is 0 Å². The van der Waals surface area contributed by atoms with E-state index in [0.29, 0.717) is 23.0 Å². The summed E-state index contributed by atoms with van der Waals surface area (Å²) in [5.74, 6) is 0.317. The number of benzene rings is 1. The lowest BCUT2D eigenvalue weighted by Crippen LogP contribution is -2.34. The number of rotatable bonds is 4. The molecule has 2 heterocycles.